The lowest BCUT2D eigenvalue weighted by molar-refractivity contribution is 0.0713. The van der Waals surface area contributed by atoms with Gasteiger partial charge in [-0.1, -0.05) is 42.5 Å². The van der Waals surface area contributed by atoms with Crippen LogP contribution in [0.4, 0.5) is 5.69 Å². The second-order valence-corrected chi connectivity index (χ2v) is 9.32. The van der Waals surface area contributed by atoms with Crippen molar-refractivity contribution < 1.29 is 4.79 Å². The molecule has 5 heteroatoms. The molecular formula is C26H27N3OS. The lowest BCUT2D eigenvalue weighted by Gasteiger charge is -2.32. The number of rotatable bonds is 3. The molecule has 2 aliphatic rings. The van der Waals surface area contributed by atoms with E-state index in [0.717, 1.165) is 42.1 Å². The molecule has 158 valence electrons. The Morgan fingerprint density at radius 3 is 2.55 bits per heavy atom. The van der Waals surface area contributed by atoms with Crippen LogP contribution in [0.15, 0.2) is 65.6 Å². The summed E-state index contributed by atoms with van der Waals surface area (Å²) in [5.74, 6) is 0.643. The molecule has 31 heavy (non-hydrogen) atoms. The molecule has 4 nitrogen and oxygen atoms in total. The Morgan fingerprint density at radius 2 is 1.77 bits per heavy atom. The molecule has 0 radical (unpaired) electrons. The van der Waals surface area contributed by atoms with Gasteiger partial charge in [0.25, 0.3) is 5.91 Å². The molecule has 5 rings (SSSR count). The molecule has 0 aromatic heterocycles. The summed E-state index contributed by atoms with van der Waals surface area (Å²) >= 11 is 1.54. The average molecular weight is 430 g/mol. The quantitative estimate of drug-likeness (QED) is 0.507. The minimum Gasteiger partial charge on any atom is -0.339 e. The molecule has 0 saturated carbocycles. The fourth-order valence-electron chi connectivity index (χ4n) is 4.58. The van der Waals surface area contributed by atoms with Crippen molar-refractivity contribution in [3.63, 3.8) is 0 Å². The first kappa shape index (κ1) is 20.2. The van der Waals surface area contributed by atoms with Crippen molar-refractivity contribution in [3.8, 4) is 11.1 Å². The van der Waals surface area contributed by atoms with Gasteiger partial charge in [-0.05, 0) is 90.6 Å². The number of carbonyl (C=O) groups is 1. The first-order valence-corrected chi connectivity index (χ1v) is 11.7. The molecular weight excluding hydrogens is 402 g/mol. The van der Waals surface area contributed by atoms with E-state index in [9.17, 15) is 4.79 Å². The molecule has 2 N–H and O–H groups in total. The maximum atomic E-state index is 13.0. The molecule has 0 bridgehead atoms. The standard InChI is InChI=1S/C26H27N3OS/c1-17-4-3-5-23(18(17)2)21-8-6-19(7-9-21)20-12-14-29(15-13-20)26(30)22-10-11-25-24(16-22)27-28-31-25/h3-11,16,20,27-28H,12-15H2,1-2H3. The highest BCUT2D eigenvalue weighted by molar-refractivity contribution is 7.98. The lowest BCUT2D eigenvalue weighted by atomic mass is 9.87. The monoisotopic (exact) mass is 429 g/mol. The van der Waals surface area contributed by atoms with E-state index in [1.807, 2.05) is 23.1 Å². The van der Waals surface area contributed by atoms with Crippen LogP contribution in [0.25, 0.3) is 11.1 Å². The fourth-order valence-corrected chi connectivity index (χ4v) is 5.21. The van der Waals surface area contributed by atoms with Crippen LogP contribution in [0.3, 0.4) is 0 Å². The number of hydrogen-bond acceptors (Lipinski definition) is 4. The van der Waals surface area contributed by atoms with E-state index in [4.69, 9.17) is 0 Å². The molecule has 0 unspecified atom stereocenters. The van der Waals surface area contributed by atoms with Crippen molar-refractivity contribution in [2.45, 2.75) is 37.5 Å². The summed E-state index contributed by atoms with van der Waals surface area (Å²) in [5.41, 5.74) is 11.5. The second kappa shape index (κ2) is 8.40. The molecule has 0 spiro atoms. The third-order valence-corrected chi connectivity index (χ3v) is 7.43. The Hall–Kier alpha value is -2.76. The number of likely N-dealkylation sites (tertiary alicyclic amines) is 1. The zero-order valence-electron chi connectivity index (χ0n) is 17.9. The number of anilines is 1. The molecule has 2 heterocycles. The number of hydrazine groups is 1. The highest BCUT2D eigenvalue weighted by atomic mass is 32.2. The highest BCUT2D eigenvalue weighted by Crippen LogP contribution is 2.33. The van der Waals surface area contributed by atoms with Crippen LogP contribution in [0.5, 0.6) is 0 Å². The van der Waals surface area contributed by atoms with Gasteiger partial charge in [0.15, 0.2) is 0 Å². The predicted octanol–water partition coefficient (Wildman–Crippen LogP) is 5.93. The van der Waals surface area contributed by atoms with Crippen molar-refractivity contribution in [2.75, 3.05) is 18.5 Å². The van der Waals surface area contributed by atoms with Crippen LogP contribution in [-0.4, -0.2) is 23.9 Å². The van der Waals surface area contributed by atoms with Crippen LogP contribution in [0.2, 0.25) is 0 Å². The Bertz CT molecular complexity index is 1120. The first-order chi connectivity index (χ1) is 15.1. The van der Waals surface area contributed by atoms with Crippen molar-refractivity contribution in [2.24, 2.45) is 0 Å². The molecule has 1 amide bonds. The van der Waals surface area contributed by atoms with Crippen LogP contribution < -0.4 is 10.3 Å². The smallest absolute Gasteiger partial charge is 0.253 e. The van der Waals surface area contributed by atoms with Crippen LogP contribution in [-0.2, 0) is 0 Å². The van der Waals surface area contributed by atoms with E-state index in [1.54, 1.807) is 0 Å². The van der Waals surface area contributed by atoms with Gasteiger partial charge in [0.1, 0.15) is 0 Å². The van der Waals surface area contributed by atoms with Gasteiger partial charge in [-0.3, -0.25) is 4.79 Å². The largest absolute Gasteiger partial charge is 0.339 e. The highest BCUT2D eigenvalue weighted by Gasteiger charge is 2.25. The van der Waals surface area contributed by atoms with Crippen molar-refractivity contribution in [1.29, 1.82) is 0 Å². The minimum absolute atomic E-state index is 0.130. The maximum absolute atomic E-state index is 13.0. The number of fused-ring (bicyclic) bond motifs is 1. The zero-order valence-corrected chi connectivity index (χ0v) is 18.8. The number of carbonyl (C=O) groups excluding carboxylic acids is 1. The number of aryl methyl sites for hydroxylation is 1. The Kier molecular flexibility index (Phi) is 5.47. The molecule has 3 aromatic carbocycles. The Balaban J connectivity index is 1.24. The van der Waals surface area contributed by atoms with E-state index in [1.165, 1.54) is 39.8 Å². The van der Waals surface area contributed by atoms with Crippen molar-refractivity contribution in [1.82, 2.24) is 9.73 Å². The van der Waals surface area contributed by atoms with Gasteiger partial charge in [-0.25, -0.2) is 0 Å². The zero-order chi connectivity index (χ0) is 21.4. The fraction of sp³-hybridized carbons (Fsp3) is 0.269. The van der Waals surface area contributed by atoms with Crippen LogP contribution in [0, 0.1) is 13.8 Å². The van der Waals surface area contributed by atoms with E-state index in [0.29, 0.717) is 5.92 Å². The third-order valence-electron chi connectivity index (χ3n) is 6.65. The van der Waals surface area contributed by atoms with Gasteiger partial charge < -0.3 is 10.3 Å². The van der Waals surface area contributed by atoms with E-state index >= 15 is 0 Å². The van der Waals surface area contributed by atoms with Gasteiger partial charge in [0, 0.05) is 23.5 Å². The Labute approximate surface area is 188 Å². The molecule has 2 aliphatic heterocycles. The third kappa shape index (κ3) is 3.95. The topological polar surface area (TPSA) is 44.4 Å². The van der Waals surface area contributed by atoms with Crippen LogP contribution in [0.1, 0.15) is 45.8 Å². The second-order valence-electron chi connectivity index (χ2n) is 8.48. The number of benzene rings is 3. The molecule has 3 aromatic rings. The summed E-state index contributed by atoms with van der Waals surface area (Å²) in [7, 11) is 0. The SMILES string of the molecule is Cc1cccc(-c2ccc(C3CCN(C(=O)c4ccc5c(c4)NNS5)CC3)cc2)c1C. The van der Waals surface area contributed by atoms with Gasteiger partial charge in [0.05, 0.1) is 5.69 Å². The molecule has 1 fully saturated rings. The van der Waals surface area contributed by atoms with Gasteiger partial charge in [-0.15, -0.1) is 0 Å². The summed E-state index contributed by atoms with van der Waals surface area (Å²) in [6.07, 6.45) is 2.02. The summed E-state index contributed by atoms with van der Waals surface area (Å²) < 4.78 is 0. The van der Waals surface area contributed by atoms with Gasteiger partial charge in [-0.2, -0.15) is 4.83 Å². The minimum atomic E-state index is 0.130. The number of hydrogen-bond donors (Lipinski definition) is 2. The van der Waals surface area contributed by atoms with Crippen molar-refractivity contribution >= 4 is 23.5 Å². The molecule has 0 aliphatic carbocycles. The number of amides is 1. The number of nitrogens with zero attached hydrogens (tertiary/aromatic N) is 1. The lowest BCUT2D eigenvalue weighted by Crippen LogP contribution is -2.37. The molecule has 0 atom stereocenters. The van der Waals surface area contributed by atoms with Crippen molar-refractivity contribution in [3.05, 3.63) is 82.9 Å². The summed E-state index contributed by atoms with van der Waals surface area (Å²) in [5, 5.41) is 0. The number of nitrogens with one attached hydrogen (secondary N) is 2. The van der Waals surface area contributed by atoms with Gasteiger partial charge in [0.2, 0.25) is 0 Å². The summed E-state index contributed by atoms with van der Waals surface area (Å²) in [6, 6.07) is 21.4. The van der Waals surface area contributed by atoms with Crippen LogP contribution >= 0.6 is 11.9 Å². The summed E-state index contributed by atoms with van der Waals surface area (Å²) in [4.78, 5) is 19.1. The number of piperidine rings is 1. The van der Waals surface area contributed by atoms with Gasteiger partial charge >= 0.3 is 0 Å². The average Bonchev–Trinajstić information content (AvgIpc) is 3.29. The van der Waals surface area contributed by atoms with E-state index in [2.05, 4.69) is 66.6 Å². The molecule has 1 saturated heterocycles. The van der Waals surface area contributed by atoms with E-state index < -0.39 is 0 Å². The predicted molar refractivity (Wildman–Crippen MR) is 128 cm³/mol. The normalized spacial score (nSPS) is 16.1. The Morgan fingerprint density at radius 1 is 1.00 bits per heavy atom. The maximum Gasteiger partial charge on any atom is 0.253 e. The first-order valence-electron chi connectivity index (χ1n) is 10.9. The van der Waals surface area contributed by atoms with E-state index in [-0.39, 0.29) is 5.91 Å². The summed E-state index contributed by atoms with van der Waals surface area (Å²) in [6.45, 7) is 5.97.